The molecule has 1 atom stereocenters. The van der Waals surface area contributed by atoms with Crippen LogP contribution < -0.4 is 5.32 Å². The fourth-order valence-electron chi connectivity index (χ4n) is 2.80. The van der Waals surface area contributed by atoms with Crippen LogP contribution >= 0.6 is 0 Å². The maximum Gasteiger partial charge on any atom is 0.407 e. The van der Waals surface area contributed by atoms with E-state index in [4.69, 9.17) is 4.74 Å². The molecule has 0 aliphatic carbocycles. The number of amides is 1. The minimum Gasteiger partial charge on any atom is -0.480 e. The van der Waals surface area contributed by atoms with E-state index in [9.17, 15) is 14.7 Å². The van der Waals surface area contributed by atoms with Crippen LogP contribution in [-0.4, -0.2) is 26.7 Å². The molecule has 24 heavy (non-hydrogen) atoms. The number of hydrogen-bond donors (Lipinski definition) is 2. The number of alkyl carbamates (subject to hydrolysis) is 1. The molecule has 0 bridgehead atoms. The summed E-state index contributed by atoms with van der Waals surface area (Å²) in [5, 5.41) is 11.9. The summed E-state index contributed by atoms with van der Waals surface area (Å²) in [6.45, 7) is 0.410. The molecule has 1 aromatic carbocycles. The van der Waals surface area contributed by atoms with Crippen LogP contribution in [0.15, 0.2) is 36.5 Å². The summed E-state index contributed by atoms with van der Waals surface area (Å²) in [6.07, 6.45) is 3.33. The zero-order chi connectivity index (χ0) is 16.9. The SMILES string of the molecule is O=C(NCc1cn2c(n1)CCCC2C(=O)O)OCc1ccccc1. The number of aromatic nitrogens is 2. The molecular weight excluding hydrogens is 310 g/mol. The number of aliphatic carboxylic acids is 1. The van der Waals surface area contributed by atoms with E-state index < -0.39 is 18.1 Å². The van der Waals surface area contributed by atoms with Gasteiger partial charge in [0.05, 0.1) is 12.2 Å². The molecule has 7 heteroatoms. The minimum absolute atomic E-state index is 0.202. The zero-order valence-corrected chi connectivity index (χ0v) is 13.1. The smallest absolute Gasteiger partial charge is 0.407 e. The highest BCUT2D eigenvalue weighted by Gasteiger charge is 2.26. The fraction of sp³-hybridized carbons (Fsp3) is 0.353. The topological polar surface area (TPSA) is 93.5 Å². The molecule has 0 saturated carbocycles. The lowest BCUT2D eigenvalue weighted by atomic mass is 10.1. The molecule has 1 aliphatic heterocycles. The summed E-state index contributed by atoms with van der Waals surface area (Å²) in [6, 6.07) is 8.84. The van der Waals surface area contributed by atoms with Crippen molar-refractivity contribution < 1.29 is 19.4 Å². The lowest BCUT2D eigenvalue weighted by molar-refractivity contribution is -0.141. The van der Waals surface area contributed by atoms with Crippen LogP contribution in [0.25, 0.3) is 0 Å². The highest BCUT2D eigenvalue weighted by Crippen LogP contribution is 2.25. The van der Waals surface area contributed by atoms with Crippen molar-refractivity contribution in [3.8, 4) is 0 Å². The molecule has 3 rings (SSSR count). The third-order valence-electron chi connectivity index (χ3n) is 3.98. The average molecular weight is 329 g/mol. The summed E-state index contributed by atoms with van der Waals surface area (Å²) in [7, 11) is 0. The molecule has 2 N–H and O–H groups in total. The number of carboxylic acid groups (broad SMARTS) is 1. The molecule has 0 spiro atoms. The number of rotatable bonds is 5. The number of carboxylic acids is 1. The van der Waals surface area contributed by atoms with Gasteiger partial charge in [-0.3, -0.25) is 0 Å². The van der Waals surface area contributed by atoms with E-state index in [1.54, 1.807) is 10.8 Å². The van der Waals surface area contributed by atoms with Crippen molar-refractivity contribution in [3.05, 3.63) is 53.6 Å². The van der Waals surface area contributed by atoms with Gasteiger partial charge in [-0.1, -0.05) is 30.3 Å². The second-order valence-electron chi connectivity index (χ2n) is 5.72. The van der Waals surface area contributed by atoms with Crippen molar-refractivity contribution in [1.82, 2.24) is 14.9 Å². The van der Waals surface area contributed by atoms with Gasteiger partial charge in [-0.05, 0) is 18.4 Å². The van der Waals surface area contributed by atoms with Gasteiger partial charge in [0.15, 0.2) is 0 Å². The number of imidazole rings is 1. The van der Waals surface area contributed by atoms with Crippen molar-refractivity contribution >= 4 is 12.1 Å². The minimum atomic E-state index is -0.852. The fourth-order valence-corrected chi connectivity index (χ4v) is 2.80. The Kier molecular flexibility index (Phi) is 4.79. The van der Waals surface area contributed by atoms with Crippen LogP contribution in [0.5, 0.6) is 0 Å². The highest BCUT2D eigenvalue weighted by molar-refractivity contribution is 5.72. The van der Waals surface area contributed by atoms with Gasteiger partial charge in [0.25, 0.3) is 0 Å². The Labute approximate surface area is 139 Å². The highest BCUT2D eigenvalue weighted by atomic mass is 16.5. The standard InChI is InChI=1S/C17H19N3O4/c21-16(22)14-7-4-8-15-19-13(10-20(14)15)9-18-17(23)24-11-12-5-2-1-3-6-12/h1-3,5-6,10,14H,4,7-9,11H2,(H,18,23)(H,21,22). The molecule has 0 radical (unpaired) electrons. The van der Waals surface area contributed by atoms with Gasteiger partial charge in [0, 0.05) is 12.6 Å². The van der Waals surface area contributed by atoms with Gasteiger partial charge in [-0.25, -0.2) is 14.6 Å². The summed E-state index contributed by atoms with van der Waals surface area (Å²) in [5.41, 5.74) is 1.55. The number of carbonyl (C=O) groups excluding carboxylic acids is 1. The first-order valence-electron chi connectivity index (χ1n) is 7.87. The molecule has 0 saturated heterocycles. The normalized spacial score (nSPS) is 16.2. The Bertz CT molecular complexity index is 727. The quantitative estimate of drug-likeness (QED) is 0.878. The molecule has 1 aromatic heterocycles. The van der Waals surface area contributed by atoms with Crippen molar-refractivity contribution in [2.75, 3.05) is 0 Å². The van der Waals surface area contributed by atoms with E-state index in [-0.39, 0.29) is 13.2 Å². The van der Waals surface area contributed by atoms with Crippen LogP contribution in [0.2, 0.25) is 0 Å². The molecular formula is C17H19N3O4. The summed E-state index contributed by atoms with van der Waals surface area (Å²) in [5.74, 6) is -0.0989. The summed E-state index contributed by atoms with van der Waals surface area (Å²) < 4.78 is 6.83. The predicted molar refractivity (Wildman–Crippen MR) is 85.3 cm³/mol. The number of nitrogens with one attached hydrogen (secondary N) is 1. The van der Waals surface area contributed by atoms with Gasteiger partial charge in [-0.2, -0.15) is 0 Å². The van der Waals surface area contributed by atoms with E-state index >= 15 is 0 Å². The van der Waals surface area contributed by atoms with E-state index in [1.807, 2.05) is 30.3 Å². The molecule has 2 heterocycles. The van der Waals surface area contributed by atoms with E-state index in [0.717, 1.165) is 24.2 Å². The molecule has 1 aliphatic rings. The zero-order valence-electron chi connectivity index (χ0n) is 13.1. The van der Waals surface area contributed by atoms with Gasteiger partial charge in [-0.15, -0.1) is 0 Å². The van der Waals surface area contributed by atoms with Gasteiger partial charge in [0.1, 0.15) is 18.5 Å². The average Bonchev–Trinajstić information content (AvgIpc) is 3.01. The van der Waals surface area contributed by atoms with Gasteiger partial charge >= 0.3 is 12.1 Å². The van der Waals surface area contributed by atoms with Gasteiger partial charge < -0.3 is 19.7 Å². The first-order chi connectivity index (χ1) is 11.6. The number of benzene rings is 1. The van der Waals surface area contributed by atoms with Gasteiger partial charge in [0.2, 0.25) is 0 Å². The van der Waals surface area contributed by atoms with Crippen molar-refractivity contribution in [3.63, 3.8) is 0 Å². The Morgan fingerprint density at radius 3 is 2.88 bits per heavy atom. The van der Waals surface area contributed by atoms with Crippen molar-refractivity contribution in [2.24, 2.45) is 0 Å². The largest absolute Gasteiger partial charge is 0.480 e. The van der Waals surface area contributed by atoms with E-state index in [0.29, 0.717) is 12.1 Å². The predicted octanol–water partition coefficient (Wildman–Crippen LogP) is 2.27. The van der Waals surface area contributed by atoms with Crippen LogP contribution in [0.1, 0.15) is 36.0 Å². The molecule has 126 valence electrons. The molecule has 2 aromatic rings. The number of ether oxygens (including phenoxy) is 1. The maximum atomic E-state index is 11.7. The number of nitrogens with zero attached hydrogens (tertiary/aromatic N) is 2. The Balaban J connectivity index is 1.53. The number of hydrogen-bond acceptors (Lipinski definition) is 4. The number of fused-ring (bicyclic) bond motifs is 1. The molecule has 7 nitrogen and oxygen atoms in total. The monoisotopic (exact) mass is 329 g/mol. The van der Waals surface area contributed by atoms with E-state index in [2.05, 4.69) is 10.3 Å². The molecule has 1 amide bonds. The van der Waals surface area contributed by atoms with Crippen LogP contribution in [0, 0.1) is 0 Å². The third kappa shape index (κ3) is 3.73. The summed E-state index contributed by atoms with van der Waals surface area (Å²) in [4.78, 5) is 27.4. The van der Waals surface area contributed by atoms with Crippen LogP contribution in [-0.2, 0) is 29.1 Å². The van der Waals surface area contributed by atoms with Crippen LogP contribution in [0.4, 0.5) is 4.79 Å². The lowest BCUT2D eigenvalue weighted by Gasteiger charge is -2.20. The Morgan fingerprint density at radius 1 is 1.33 bits per heavy atom. The first kappa shape index (κ1) is 16.0. The molecule has 0 fully saturated rings. The molecule has 1 unspecified atom stereocenters. The Morgan fingerprint density at radius 2 is 2.12 bits per heavy atom. The van der Waals surface area contributed by atoms with Crippen molar-refractivity contribution in [2.45, 2.75) is 38.5 Å². The number of aryl methyl sites for hydroxylation is 1. The lowest BCUT2D eigenvalue weighted by Crippen LogP contribution is -2.24. The third-order valence-corrected chi connectivity index (χ3v) is 3.98. The summed E-state index contributed by atoms with van der Waals surface area (Å²) >= 11 is 0. The van der Waals surface area contributed by atoms with E-state index in [1.165, 1.54) is 0 Å². The first-order valence-corrected chi connectivity index (χ1v) is 7.87. The van der Waals surface area contributed by atoms with Crippen LogP contribution in [0.3, 0.4) is 0 Å². The second-order valence-corrected chi connectivity index (χ2v) is 5.72. The van der Waals surface area contributed by atoms with Crippen molar-refractivity contribution in [1.29, 1.82) is 0 Å². The second kappa shape index (κ2) is 7.16. The Hall–Kier alpha value is -2.83. The maximum absolute atomic E-state index is 11.7. The number of carbonyl (C=O) groups is 2.